The third kappa shape index (κ3) is 7.23. The lowest BCUT2D eigenvalue weighted by Crippen LogP contribution is -2.52. The molecule has 248 valence electrons. The van der Waals surface area contributed by atoms with Crippen LogP contribution in [0, 0.1) is 11.6 Å². The number of hydrogen-bond donors (Lipinski definition) is 4. The van der Waals surface area contributed by atoms with Crippen LogP contribution in [0.3, 0.4) is 0 Å². The highest BCUT2D eigenvalue weighted by Gasteiger charge is 2.44. The highest BCUT2D eigenvalue weighted by molar-refractivity contribution is 7.99. The molecule has 3 aliphatic rings. The molecule has 0 bridgehead atoms. The number of rotatable bonds is 8. The monoisotopic (exact) mass is 676 g/mol. The van der Waals surface area contributed by atoms with Gasteiger partial charge in [-0.05, 0) is 78.6 Å². The largest absolute Gasteiger partial charge is 0.489 e. The van der Waals surface area contributed by atoms with Gasteiger partial charge < -0.3 is 35.3 Å². The number of thioether (sulfide) groups is 1. The van der Waals surface area contributed by atoms with E-state index in [1.54, 1.807) is 18.4 Å². The Labute approximate surface area is 276 Å². The van der Waals surface area contributed by atoms with Gasteiger partial charge in [-0.2, -0.15) is 0 Å². The molecule has 4 unspecified atom stereocenters. The Morgan fingerprint density at radius 2 is 1.78 bits per heavy atom. The summed E-state index contributed by atoms with van der Waals surface area (Å²) in [5, 5.41) is 31.7. The Balaban J connectivity index is 1.03. The maximum atomic E-state index is 14.3. The maximum Gasteiger partial charge on any atom is 0.132 e. The summed E-state index contributed by atoms with van der Waals surface area (Å²) >= 11 is 7.81. The van der Waals surface area contributed by atoms with Crippen LogP contribution in [0.15, 0.2) is 60.7 Å². The number of nitrogens with two attached hydrogens (primary N) is 1. The van der Waals surface area contributed by atoms with Crippen LogP contribution in [0.4, 0.5) is 8.78 Å². The Kier molecular flexibility index (Phi) is 10.5. The molecule has 8 nitrogen and oxygen atoms in total. The number of likely N-dealkylation sites (tertiary alicyclic amines) is 1. The molecular formula is C34H39ClF2N2O6S. The number of benzene rings is 3. The minimum absolute atomic E-state index is 0.00696. The predicted molar refractivity (Wildman–Crippen MR) is 172 cm³/mol. The third-order valence-corrected chi connectivity index (χ3v) is 10.4. The first-order chi connectivity index (χ1) is 22.1. The van der Waals surface area contributed by atoms with Crippen LogP contribution < -0.4 is 10.5 Å². The molecule has 0 aliphatic carbocycles. The summed E-state index contributed by atoms with van der Waals surface area (Å²) in [6.07, 6.45) is -1.52. The van der Waals surface area contributed by atoms with Crippen molar-refractivity contribution >= 4 is 23.4 Å². The summed E-state index contributed by atoms with van der Waals surface area (Å²) in [6.45, 7) is 1.92. The zero-order valence-electron chi connectivity index (χ0n) is 25.3. The first-order valence-electron chi connectivity index (χ1n) is 15.4. The molecule has 0 aromatic heterocycles. The summed E-state index contributed by atoms with van der Waals surface area (Å²) in [7, 11) is 0. The van der Waals surface area contributed by atoms with Crippen LogP contribution in [0.1, 0.15) is 47.3 Å². The Hall–Kier alpha value is -2.32. The van der Waals surface area contributed by atoms with E-state index in [1.807, 2.05) is 30.3 Å². The average Bonchev–Trinajstić information content (AvgIpc) is 3.52. The van der Waals surface area contributed by atoms with Gasteiger partial charge in [0.1, 0.15) is 59.4 Å². The predicted octanol–water partition coefficient (Wildman–Crippen LogP) is 4.36. The molecule has 0 saturated carbocycles. The van der Waals surface area contributed by atoms with E-state index < -0.39 is 53.6 Å². The summed E-state index contributed by atoms with van der Waals surface area (Å²) in [5.74, 6) is -0.278. The summed E-state index contributed by atoms with van der Waals surface area (Å²) in [6, 6.07) is 16.2. The van der Waals surface area contributed by atoms with Crippen molar-refractivity contribution in [2.45, 2.75) is 73.4 Å². The zero-order chi connectivity index (χ0) is 32.5. The first-order valence-corrected chi connectivity index (χ1v) is 17.1. The lowest BCUT2D eigenvalue weighted by Gasteiger charge is -2.40. The van der Waals surface area contributed by atoms with Crippen molar-refractivity contribution in [2.75, 3.05) is 26.0 Å². The minimum atomic E-state index is -1.33. The standard InChI is InChI=1S/C34H39ClF2N2O6S/c1-46-34-31(42)29(40)30(41)32(45-34)19-4-8-26(35)20(13-19)12-18-2-6-23(7-3-18)44-24-10-11-39(16-24)22-15-28(38)33(43-17-22)25-14-21(36)5-9-27(25)37/h2-9,13-14,22,24,28-34,40-42H,10-12,15-17,38H2,1H3/t22?,24?,28?,29-,30-,31+,32+,33?,34-/m1/s1. The van der Waals surface area contributed by atoms with Crippen molar-refractivity contribution in [3.05, 3.63) is 99.6 Å². The SMILES string of the molecule is CS[C@H]1O[C@@H](c2ccc(Cl)c(Cc3ccc(OC4CCN(C5COC(c6cc(F)ccc6F)C(N)C5)C4)cc3)c2)[C@H](O)[C@@H](O)[C@@H]1O. The maximum absolute atomic E-state index is 14.3. The van der Waals surface area contributed by atoms with Crippen molar-refractivity contribution in [1.82, 2.24) is 4.90 Å². The molecular weight excluding hydrogens is 638 g/mol. The molecule has 0 amide bonds. The number of nitrogens with zero attached hydrogens (tertiary/aromatic N) is 1. The third-order valence-electron chi connectivity index (χ3n) is 9.18. The topological polar surface area (TPSA) is 118 Å². The van der Waals surface area contributed by atoms with Gasteiger partial charge in [-0.15, -0.1) is 11.8 Å². The number of aliphatic hydroxyl groups excluding tert-OH is 3. The molecule has 0 radical (unpaired) electrons. The van der Waals surface area contributed by atoms with Gasteiger partial charge in [-0.25, -0.2) is 8.78 Å². The molecule has 3 aliphatic heterocycles. The summed E-state index contributed by atoms with van der Waals surface area (Å²) in [5.41, 5.74) is 8.40. The molecule has 6 rings (SSSR count). The van der Waals surface area contributed by atoms with Gasteiger partial charge in [-0.1, -0.05) is 35.9 Å². The van der Waals surface area contributed by atoms with Crippen LogP contribution in [0.5, 0.6) is 5.75 Å². The van der Waals surface area contributed by atoms with Gasteiger partial charge in [0.2, 0.25) is 0 Å². The second kappa shape index (κ2) is 14.4. The Bertz CT molecular complexity index is 1500. The molecule has 3 aromatic carbocycles. The first kappa shape index (κ1) is 33.6. The van der Waals surface area contributed by atoms with Gasteiger partial charge in [-0.3, -0.25) is 4.90 Å². The molecule has 12 heteroatoms. The van der Waals surface area contributed by atoms with E-state index in [0.29, 0.717) is 36.6 Å². The fourth-order valence-electron chi connectivity index (χ4n) is 6.66. The van der Waals surface area contributed by atoms with Gasteiger partial charge in [0.15, 0.2) is 0 Å². The van der Waals surface area contributed by atoms with Crippen LogP contribution in [-0.4, -0.2) is 88.1 Å². The molecule has 3 heterocycles. The summed E-state index contributed by atoms with van der Waals surface area (Å²) in [4.78, 5) is 2.29. The van der Waals surface area contributed by atoms with Gasteiger partial charge in [0, 0.05) is 35.8 Å². The number of aliphatic hydroxyl groups is 3. The molecule has 0 spiro atoms. The lowest BCUT2D eigenvalue weighted by atomic mass is 9.92. The van der Waals surface area contributed by atoms with Crippen LogP contribution in [-0.2, 0) is 15.9 Å². The summed E-state index contributed by atoms with van der Waals surface area (Å²) < 4.78 is 46.2. The van der Waals surface area contributed by atoms with Crippen molar-refractivity contribution < 1.29 is 38.3 Å². The lowest BCUT2D eigenvalue weighted by molar-refractivity contribution is -0.200. The smallest absolute Gasteiger partial charge is 0.132 e. The molecule has 3 aromatic rings. The van der Waals surface area contributed by atoms with Crippen molar-refractivity contribution in [3.63, 3.8) is 0 Å². The average molecular weight is 677 g/mol. The highest BCUT2D eigenvalue weighted by atomic mass is 35.5. The number of ether oxygens (including phenoxy) is 3. The second-order valence-electron chi connectivity index (χ2n) is 12.3. The quantitative estimate of drug-likeness (QED) is 0.276. The van der Waals surface area contributed by atoms with E-state index in [2.05, 4.69) is 4.90 Å². The molecule has 3 fully saturated rings. The molecule has 9 atom stereocenters. The number of hydrogen-bond acceptors (Lipinski definition) is 9. The van der Waals surface area contributed by atoms with E-state index >= 15 is 0 Å². The van der Waals surface area contributed by atoms with Gasteiger partial charge >= 0.3 is 0 Å². The molecule has 3 saturated heterocycles. The molecule has 46 heavy (non-hydrogen) atoms. The van der Waals surface area contributed by atoms with E-state index in [0.717, 1.165) is 48.0 Å². The fourth-order valence-corrected chi connectivity index (χ4v) is 7.51. The van der Waals surface area contributed by atoms with Crippen molar-refractivity contribution in [3.8, 4) is 5.75 Å². The highest BCUT2D eigenvalue weighted by Crippen LogP contribution is 2.37. The van der Waals surface area contributed by atoms with E-state index in [-0.39, 0.29) is 17.7 Å². The van der Waals surface area contributed by atoms with Crippen molar-refractivity contribution in [2.24, 2.45) is 5.73 Å². The zero-order valence-corrected chi connectivity index (χ0v) is 26.9. The minimum Gasteiger partial charge on any atom is -0.489 e. The van der Waals surface area contributed by atoms with Crippen LogP contribution in [0.25, 0.3) is 0 Å². The normalized spacial score (nSPS) is 32.0. The van der Waals surface area contributed by atoms with E-state index in [4.69, 9.17) is 31.5 Å². The number of halogens is 3. The molecule has 5 N–H and O–H groups in total. The Morgan fingerprint density at radius 1 is 1.00 bits per heavy atom. The van der Waals surface area contributed by atoms with Gasteiger partial charge in [0.25, 0.3) is 0 Å². The van der Waals surface area contributed by atoms with Crippen LogP contribution >= 0.6 is 23.4 Å². The van der Waals surface area contributed by atoms with E-state index in [9.17, 15) is 24.1 Å². The van der Waals surface area contributed by atoms with Crippen LogP contribution in [0.2, 0.25) is 5.02 Å². The fraction of sp³-hybridized carbons (Fsp3) is 0.471. The van der Waals surface area contributed by atoms with E-state index in [1.165, 1.54) is 11.8 Å². The second-order valence-corrected chi connectivity index (χ2v) is 13.6. The Morgan fingerprint density at radius 3 is 2.52 bits per heavy atom. The van der Waals surface area contributed by atoms with Gasteiger partial charge in [0.05, 0.1) is 6.61 Å². The van der Waals surface area contributed by atoms with Crippen molar-refractivity contribution in [1.29, 1.82) is 0 Å².